The zero-order chi connectivity index (χ0) is 15.5. The Kier molecular flexibility index (Phi) is 4.50. The number of benzene rings is 1. The predicted molar refractivity (Wildman–Crippen MR) is 86.0 cm³/mol. The van der Waals surface area contributed by atoms with Crippen LogP contribution in [0.5, 0.6) is 0 Å². The van der Waals surface area contributed by atoms with Gasteiger partial charge in [-0.05, 0) is 18.1 Å². The van der Waals surface area contributed by atoms with E-state index in [2.05, 4.69) is 17.4 Å². The molecule has 116 valence electrons. The van der Waals surface area contributed by atoms with Gasteiger partial charge in [0.25, 0.3) is 5.91 Å². The van der Waals surface area contributed by atoms with Gasteiger partial charge in [-0.25, -0.2) is 0 Å². The van der Waals surface area contributed by atoms with Gasteiger partial charge in [0.2, 0.25) is 0 Å². The molecule has 1 fully saturated rings. The Hall–Kier alpha value is -1.78. The largest absolute Gasteiger partial charge is 0.373 e. The average Bonchev–Trinajstić information content (AvgIpc) is 3.12. The molecule has 1 amide bonds. The summed E-state index contributed by atoms with van der Waals surface area (Å²) in [7, 11) is 1.81. The van der Waals surface area contributed by atoms with Crippen LogP contribution in [-0.4, -0.2) is 23.6 Å². The third kappa shape index (κ3) is 3.18. The lowest BCUT2D eigenvalue weighted by molar-refractivity contribution is 0.0842. The molecule has 1 N–H and O–H groups in total. The molecule has 1 aliphatic rings. The summed E-state index contributed by atoms with van der Waals surface area (Å²) in [5.41, 5.74) is 1.74. The monoisotopic (exact) mass is 318 g/mol. The van der Waals surface area contributed by atoms with Gasteiger partial charge in [-0.1, -0.05) is 41.9 Å². The number of nitrogens with one attached hydrogen (secondary N) is 1. The molecular weight excluding hydrogens is 300 g/mol. The van der Waals surface area contributed by atoms with Gasteiger partial charge >= 0.3 is 0 Å². The summed E-state index contributed by atoms with van der Waals surface area (Å²) in [6.45, 7) is 1.33. The zero-order valence-corrected chi connectivity index (χ0v) is 13.2. The van der Waals surface area contributed by atoms with Gasteiger partial charge in [-0.2, -0.15) is 0 Å². The van der Waals surface area contributed by atoms with Crippen LogP contribution in [0, 0.1) is 5.92 Å². The van der Waals surface area contributed by atoms with Crippen molar-refractivity contribution in [3.63, 3.8) is 0 Å². The van der Waals surface area contributed by atoms with Crippen LogP contribution in [0.3, 0.4) is 0 Å². The molecule has 0 aliphatic carbocycles. The summed E-state index contributed by atoms with van der Waals surface area (Å²) in [5, 5.41) is 3.56. The minimum absolute atomic E-state index is 0.0542. The molecule has 2 aromatic rings. The number of nitrogens with zero attached hydrogens (tertiary/aromatic N) is 1. The van der Waals surface area contributed by atoms with Crippen molar-refractivity contribution in [3.05, 3.63) is 58.9 Å². The Balaban J connectivity index is 1.63. The molecule has 2 atom stereocenters. The second kappa shape index (κ2) is 6.55. The van der Waals surface area contributed by atoms with Crippen LogP contribution in [0.15, 0.2) is 42.6 Å². The van der Waals surface area contributed by atoms with Crippen molar-refractivity contribution in [2.45, 2.75) is 12.5 Å². The van der Waals surface area contributed by atoms with Crippen LogP contribution < -0.4 is 5.32 Å². The van der Waals surface area contributed by atoms with Crippen molar-refractivity contribution >= 4 is 17.5 Å². The Morgan fingerprint density at radius 3 is 2.86 bits per heavy atom. The van der Waals surface area contributed by atoms with Crippen LogP contribution in [0.2, 0.25) is 5.02 Å². The Morgan fingerprint density at radius 1 is 1.41 bits per heavy atom. The van der Waals surface area contributed by atoms with Crippen LogP contribution in [0.25, 0.3) is 0 Å². The molecule has 1 aliphatic heterocycles. The van der Waals surface area contributed by atoms with Crippen molar-refractivity contribution in [2.75, 3.05) is 13.2 Å². The number of carbonyl (C=O) groups excluding carboxylic acids is 1. The van der Waals surface area contributed by atoms with Gasteiger partial charge in [0, 0.05) is 32.3 Å². The molecule has 1 aromatic carbocycles. The molecule has 0 spiro atoms. The van der Waals surface area contributed by atoms with E-state index in [-0.39, 0.29) is 12.0 Å². The smallest absolute Gasteiger partial charge is 0.267 e. The Morgan fingerprint density at radius 2 is 2.18 bits per heavy atom. The first-order valence-corrected chi connectivity index (χ1v) is 7.79. The second-order valence-corrected chi connectivity index (χ2v) is 6.05. The van der Waals surface area contributed by atoms with Gasteiger partial charge in [0.1, 0.15) is 5.69 Å². The SMILES string of the molecule is Cn1cc(Cl)cc1C(=O)NC[C@@H]1CCO[C@H]1c1ccccc1. The van der Waals surface area contributed by atoms with E-state index in [0.29, 0.717) is 23.2 Å². The summed E-state index contributed by atoms with van der Waals surface area (Å²) in [4.78, 5) is 12.2. The number of aryl methyl sites for hydroxylation is 1. The average molecular weight is 319 g/mol. The molecule has 22 heavy (non-hydrogen) atoms. The quantitative estimate of drug-likeness (QED) is 0.941. The standard InChI is InChI=1S/C17H19ClN2O2/c1-20-11-14(18)9-15(20)17(21)19-10-13-7-8-22-16(13)12-5-3-2-4-6-12/h2-6,9,11,13,16H,7-8,10H2,1H3,(H,19,21)/t13-,16-/m0/s1. The van der Waals surface area contributed by atoms with Crippen molar-refractivity contribution in [3.8, 4) is 0 Å². The summed E-state index contributed by atoms with van der Waals surface area (Å²) in [6, 6.07) is 11.8. The summed E-state index contributed by atoms with van der Waals surface area (Å²) >= 11 is 5.92. The van der Waals surface area contributed by atoms with Gasteiger partial charge in [0.05, 0.1) is 11.1 Å². The lowest BCUT2D eigenvalue weighted by atomic mass is 9.95. The van der Waals surface area contributed by atoms with Gasteiger partial charge in [-0.3, -0.25) is 4.79 Å². The Bertz CT molecular complexity index is 654. The summed E-state index contributed by atoms with van der Waals surface area (Å²) in [5.74, 6) is 0.190. The highest BCUT2D eigenvalue weighted by Crippen LogP contribution is 2.33. The third-order valence-electron chi connectivity index (χ3n) is 4.07. The fraction of sp³-hybridized carbons (Fsp3) is 0.353. The van der Waals surface area contributed by atoms with E-state index in [9.17, 15) is 4.79 Å². The normalized spacial score (nSPS) is 21.0. The van der Waals surface area contributed by atoms with Crippen LogP contribution >= 0.6 is 11.6 Å². The maximum atomic E-state index is 12.2. The lowest BCUT2D eigenvalue weighted by Crippen LogP contribution is -2.31. The zero-order valence-electron chi connectivity index (χ0n) is 12.5. The van der Waals surface area contributed by atoms with Crippen molar-refractivity contribution in [2.24, 2.45) is 13.0 Å². The summed E-state index contributed by atoms with van der Waals surface area (Å²) in [6.07, 6.45) is 2.73. The first kappa shape index (κ1) is 15.1. The molecule has 5 heteroatoms. The number of carbonyl (C=O) groups is 1. The fourth-order valence-electron chi connectivity index (χ4n) is 2.92. The fourth-order valence-corrected chi connectivity index (χ4v) is 3.17. The molecule has 4 nitrogen and oxygen atoms in total. The molecule has 0 radical (unpaired) electrons. The van der Waals surface area contributed by atoms with Crippen molar-refractivity contribution < 1.29 is 9.53 Å². The van der Waals surface area contributed by atoms with E-state index in [1.807, 2.05) is 25.2 Å². The summed E-state index contributed by atoms with van der Waals surface area (Å²) < 4.78 is 7.57. The molecule has 2 heterocycles. The number of halogens is 1. The van der Waals surface area contributed by atoms with Crippen LogP contribution in [0.4, 0.5) is 0 Å². The number of amides is 1. The predicted octanol–water partition coefficient (Wildman–Crippen LogP) is 3.19. The van der Waals surface area contributed by atoms with Gasteiger partial charge in [0.15, 0.2) is 0 Å². The Labute approximate surface area is 135 Å². The number of hydrogen-bond donors (Lipinski definition) is 1. The number of rotatable bonds is 4. The highest BCUT2D eigenvalue weighted by atomic mass is 35.5. The van der Waals surface area contributed by atoms with Crippen molar-refractivity contribution in [1.82, 2.24) is 9.88 Å². The number of aromatic nitrogens is 1. The molecule has 0 unspecified atom stereocenters. The van der Waals surface area contributed by atoms with Crippen LogP contribution in [-0.2, 0) is 11.8 Å². The van der Waals surface area contributed by atoms with E-state index in [0.717, 1.165) is 13.0 Å². The molecule has 1 saturated heterocycles. The van der Waals surface area contributed by atoms with E-state index >= 15 is 0 Å². The topological polar surface area (TPSA) is 43.3 Å². The number of hydrogen-bond acceptors (Lipinski definition) is 2. The molecular formula is C17H19ClN2O2. The maximum absolute atomic E-state index is 12.2. The highest BCUT2D eigenvalue weighted by Gasteiger charge is 2.30. The number of ether oxygens (including phenoxy) is 1. The minimum Gasteiger partial charge on any atom is -0.373 e. The highest BCUT2D eigenvalue weighted by molar-refractivity contribution is 6.31. The molecule has 0 bridgehead atoms. The van der Waals surface area contributed by atoms with Crippen molar-refractivity contribution in [1.29, 1.82) is 0 Å². The molecule has 1 aromatic heterocycles. The first-order valence-electron chi connectivity index (χ1n) is 7.42. The van der Waals surface area contributed by atoms with Crippen LogP contribution in [0.1, 0.15) is 28.6 Å². The molecule has 3 rings (SSSR count). The second-order valence-electron chi connectivity index (χ2n) is 5.62. The van der Waals surface area contributed by atoms with Gasteiger partial charge < -0.3 is 14.6 Å². The van der Waals surface area contributed by atoms with E-state index < -0.39 is 0 Å². The van der Waals surface area contributed by atoms with E-state index in [1.54, 1.807) is 16.8 Å². The molecule has 0 saturated carbocycles. The first-order chi connectivity index (χ1) is 10.6. The van der Waals surface area contributed by atoms with Gasteiger partial charge in [-0.15, -0.1) is 0 Å². The maximum Gasteiger partial charge on any atom is 0.267 e. The minimum atomic E-state index is -0.104. The van der Waals surface area contributed by atoms with E-state index in [1.165, 1.54) is 5.56 Å². The van der Waals surface area contributed by atoms with E-state index in [4.69, 9.17) is 16.3 Å². The lowest BCUT2D eigenvalue weighted by Gasteiger charge is -2.19. The third-order valence-corrected chi connectivity index (χ3v) is 4.28.